The highest BCUT2D eigenvalue weighted by molar-refractivity contribution is 5.64. The van der Waals surface area contributed by atoms with E-state index in [2.05, 4.69) is 19.1 Å². The Bertz CT molecular complexity index is 139. The number of hydrogen-bond acceptors (Lipinski definition) is 2. The quantitative estimate of drug-likeness (QED) is 0.429. The Kier molecular flexibility index (Phi) is 7.76. The van der Waals surface area contributed by atoms with E-state index < -0.39 is 5.97 Å². The molecule has 2 nitrogen and oxygen atoms in total. The summed E-state index contributed by atoms with van der Waals surface area (Å²) in [6.45, 7) is 2.16. The van der Waals surface area contributed by atoms with Gasteiger partial charge in [0.2, 0.25) is 0 Å². The van der Waals surface area contributed by atoms with Gasteiger partial charge in [-0.3, -0.25) is 0 Å². The first-order valence-corrected chi connectivity index (χ1v) is 4.62. The minimum atomic E-state index is -0.947. The van der Waals surface area contributed by atoms with E-state index in [-0.39, 0.29) is 6.42 Å². The molecule has 0 fully saturated rings. The monoisotopic (exact) mass is 169 g/mol. The Morgan fingerprint density at radius 2 is 1.83 bits per heavy atom. The molecule has 2 heteroatoms. The summed E-state index contributed by atoms with van der Waals surface area (Å²) >= 11 is 0. The number of carboxylic acid groups (broad SMARTS) is 1. The number of rotatable bonds is 7. The minimum absolute atomic E-state index is 0.179. The predicted octanol–water partition coefficient (Wildman–Crippen LogP) is 1.65. The van der Waals surface area contributed by atoms with Crippen LogP contribution in [0.2, 0.25) is 0 Å². The molecule has 0 bridgehead atoms. The first-order valence-electron chi connectivity index (χ1n) is 4.62. The van der Waals surface area contributed by atoms with Crippen molar-refractivity contribution >= 4 is 5.97 Å². The smallest absolute Gasteiger partial charge is 0.0414 e. The van der Waals surface area contributed by atoms with Crippen molar-refractivity contribution in [3.8, 4) is 0 Å². The Morgan fingerprint density at radius 3 is 2.33 bits per heavy atom. The third-order valence-electron chi connectivity index (χ3n) is 1.64. The topological polar surface area (TPSA) is 40.1 Å². The molecule has 0 unspecified atom stereocenters. The molecular weight excluding hydrogens is 152 g/mol. The molecule has 0 rings (SSSR count). The highest BCUT2D eigenvalue weighted by Gasteiger charge is 1.84. The van der Waals surface area contributed by atoms with Crippen LogP contribution in [0.3, 0.4) is 0 Å². The molecule has 0 aromatic heterocycles. The van der Waals surface area contributed by atoms with E-state index in [1.165, 1.54) is 12.8 Å². The SMILES string of the molecule is CCCCC=CCCCC(=O)[O-]. The van der Waals surface area contributed by atoms with Crippen molar-refractivity contribution in [1.82, 2.24) is 0 Å². The summed E-state index contributed by atoms with van der Waals surface area (Å²) in [6, 6.07) is 0. The van der Waals surface area contributed by atoms with Crippen LogP contribution < -0.4 is 5.11 Å². The fourth-order valence-electron chi connectivity index (χ4n) is 0.922. The van der Waals surface area contributed by atoms with Gasteiger partial charge in [0.25, 0.3) is 0 Å². The van der Waals surface area contributed by atoms with Gasteiger partial charge < -0.3 is 9.90 Å². The Hall–Kier alpha value is -0.790. The maximum atomic E-state index is 10.00. The lowest BCUT2D eigenvalue weighted by Crippen LogP contribution is -2.21. The van der Waals surface area contributed by atoms with Crippen molar-refractivity contribution in [2.75, 3.05) is 0 Å². The Morgan fingerprint density at radius 1 is 1.25 bits per heavy atom. The summed E-state index contributed by atoms with van der Waals surface area (Å²) in [7, 11) is 0. The van der Waals surface area contributed by atoms with Crippen LogP contribution in [0.1, 0.15) is 45.4 Å². The third kappa shape index (κ3) is 9.21. The average Bonchev–Trinajstić information content (AvgIpc) is 2.02. The van der Waals surface area contributed by atoms with Gasteiger partial charge in [-0.05, 0) is 25.7 Å². The maximum absolute atomic E-state index is 10.00. The van der Waals surface area contributed by atoms with Crippen LogP contribution >= 0.6 is 0 Å². The summed E-state index contributed by atoms with van der Waals surface area (Å²) in [5, 5.41) is 10.00. The highest BCUT2D eigenvalue weighted by Crippen LogP contribution is 1.99. The zero-order valence-electron chi connectivity index (χ0n) is 7.71. The van der Waals surface area contributed by atoms with Gasteiger partial charge in [-0.25, -0.2) is 0 Å². The number of hydrogen-bond donors (Lipinski definition) is 0. The molecule has 0 aliphatic heterocycles. The molecule has 0 aromatic rings. The molecule has 0 amide bonds. The van der Waals surface area contributed by atoms with Gasteiger partial charge in [-0.1, -0.05) is 31.9 Å². The molecule has 0 saturated carbocycles. The normalized spacial score (nSPS) is 10.8. The van der Waals surface area contributed by atoms with E-state index in [1.54, 1.807) is 0 Å². The molecule has 0 aliphatic carbocycles. The lowest BCUT2D eigenvalue weighted by molar-refractivity contribution is -0.305. The molecule has 0 N–H and O–H groups in total. The van der Waals surface area contributed by atoms with Crippen LogP contribution in [-0.2, 0) is 4.79 Å². The number of allylic oxidation sites excluding steroid dienone is 2. The lowest BCUT2D eigenvalue weighted by atomic mass is 10.2. The van der Waals surface area contributed by atoms with E-state index in [0.29, 0.717) is 6.42 Å². The minimum Gasteiger partial charge on any atom is -0.550 e. The molecule has 0 saturated heterocycles. The second-order valence-electron chi connectivity index (χ2n) is 2.88. The van der Waals surface area contributed by atoms with Crippen molar-refractivity contribution in [2.24, 2.45) is 0 Å². The Balaban J connectivity index is 3.08. The van der Waals surface area contributed by atoms with Crippen LogP contribution in [0.15, 0.2) is 12.2 Å². The molecular formula is C10H17O2-. The molecule has 0 aromatic carbocycles. The largest absolute Gasteiger partial charge is 0.550 e. The molecule has 0 aliphatic rings. The van der Waals surface area contributed by atoms with Gasteiger partial charge in [-0.15, -0.1) is 0 Å². The molecule has 0 atom stereocenters. The van der Waals surface area contributed by atoms with E-state index in [0.717, 1.165) is 12.8 Å². The highest BCUT2D eigenvalue weighted by atomic mass is 16.4. The maximum Gasteiger partial charge on any atom is 0.0414 e. The van der Waals surface area contributed by atoms with Gasteiger partial charge in [0.1, 0.15) is 0 Å². The lowest BCUT2D eigenvalue weighted by Gasteiger charge is -1.97. The van der Waals surface area contributed by atoms with Crippen LogP contribution in [0.5, 0.6) is 0 Å². The van der Waals surface area contributed by atoms with Crippen LogP contribution in [0, 0.1) is 0 Å². The average molecular weight is 169 g/mol. The summed E-state index contributed by atoms with van der Waals surface area (Å²) in [6.07, 6.45) is 9.46. The van der Waals surface area contributed by atoms with Gasteiger partial charge in [0.15, 0.2) is 0 Å². The molecule has 0 spiro atoms. The number of unbranched alkanes of at least 4 members (excludes halogenated alkanes) is 3. The summed E-state index contributed by atoms with van der Waals surface area (Å²) in [4.78, 5) is 10.00. The summed E-state index contributed by atoms with van der Waals surface area (Å²) < 4.78 is 0. The van der Waals surface area contributed by atoms with E-state index in [9.17, 15) is 9.90 Å². The summed E-state index contributed by atoms with van der Waals surface area (Å²) in [5.74, 6) is -0.947. The standard InChI is InChI=1S/C10H18O2/c1-2-3-4-5-6-7-8-9-10(11)12/h5-6H,2-4,7-9H2,1H3,(H,11,12)/p-1. The van der Waals surface area contributed by atoms with Crippen molar-refractivity contribution in [1.29, 1.82) is 0 Å². The number of carboxylic acids is 1. The van der Waals surface area contributed by atoms with Crippen molar-refractivity contribution < 1.29 is 9.90 Å². The van der Waals surface area contributed by atoms with Gasteiger partial charge in [0.05, 0.1) is 0 Å². The molecule has 12 heavy (non-hydrogen) atoms. The first-order chi connectivity index (χ1) is 5.77. The predicted molar refractivity (Wildman–Crippen MR) is 47.5 cm³/mol. The molecule has 0 radical (unpaired) electrons. The number of aliphatic carboxylic acids is 1. The second kappa shape index (κ2) is 8.31. The number of carbonyl (C=O) groups excluding carboxylic acids is 1. The molecule has 70 valence electrons. The summed E-state index contributed by atoms with van der Waals surface area (Å²) in [5.41, 5.74) is 0. The second-order valence-corrected chi connectivity index (χ2v) is 2.88. The third-order valence-corrected chi connectivity index (χ3v) is 1.64. The fourth-order valence-corrected chi connectivity index (χ4v) is 0.922. The van der Waals surface area contributed by atoms with E-state index in [1.807, 2.05) is 0 Å². The van der Waals surface area contributed by atoms with Gasteiger partial charge in [0, 0.05) is 5.97 Å². The van der Waals surface area contributed by atoms with Gasteiger partial charge >= 0.3 is 0 Å². The van der Waals surface area contributed by atoms with Gasteiger partial charge in [-0.2, -0.15) is 0 Å². The zero-order chi connectivity index (χ0) is 9.23. The number of carbonyl (C=O) groups is 1. The fraction of sp³-hybridized carbons (Fsp3) is 0.700. The van der Waals surface area contributed by atoms with Crippen molar-refractivity contribution in [2.45, 2.75) is 45.4 Å². The van der Waals surface area contributed by atoms with Crippen molar-refractivity contribution in [3.63, 3.8) is 0 Å². The van der Waals surface area contributed by atoms with E-state index in [4.69, 9.17) is 0 Å². The zero-order valence-corrected chi connectivity index (χ0v) is 7.71. The van der Waals surface area contributed by atoms with Crippen LogP contribution in [0.25, 0.3) is 0 Å². The van der Waals surface area contributed by atoms with Crippen LogP contribution in [0.4, 0.5) is 0 Å². The van der Waals surface area contributed by atoms with E-state index >= 15 is 0 Å². The van der Waals surface area contributed by atoms with Crippen molar-refractivity contribution in [3.05, 3.63) is 12.2 Å². The first kappa shape index (κ1) is 11.2. The molecule has 0 heterocycles. The Labute approximate surface area is 74.3 Å². The van der Waals surface area contributed by atoms with Crippen LogP contribution in [-0.4, -0.2) is 5.97 Å².